The van der Waals surface area contributed by atoms with Crippen LogP contribution in [-0.4, -0.2) is 19.2 Å². The van der Waals surface area contributed by atoms with Crippen molar-refractivity contribution < 1.29 is 9.47 Å². The maximum Gasteiger partial charge on any atom is 0.120 e. The van der Waals surface area contributed by atoms with E-state index >= 15 is 0 Å². The van der Waals surface area contributed by atoms with Gasteiger partial charge in [0.25, 0.3) is 0 Å². The topological polar surface area (TPSA) is 30.5 Å². The zero-order chi connectivity index (χ0) is 15.7. The number of nitrogens with one attached hydrogen (secondary N) is 1. The molecule has 23 heavy (non-hydrogen) atoms. The molecule has 1 fully saturated rings. The summed E-state index contributed by atoms with van der Waals surface area (Å²) in [5.41, 5.74) is 1.17. The van der Waals surface area contributed by atoms with E-state index in [1.165, 1.54) is 24.8 Å². The molecule has 3 nitrogen and oxygen atoms in total. The smallest absolute Gasteiger partial charge is 0.120 e. The number of hydrogen-bond acceptors (Lipinski definition) is 3. The van der Waals surface area contributed by atoms with Gasteiger partial charge < -0.3 is 14.8 Å². The largest absolute Gasteiger partial charge is 0.494 e. The quantitative estimate of drug-likeness (QED) is 0.832. The fourth-order valence-electron chi connectivity index (χ4n) is 2.86. The van der Waals surface area contributed by atoms with E-state index < -0.39 is 0 Å². The number of hydrogen-bond donors (Lipinski definition) is 1. The van der Waals surface area contributed by atoms with Crippen LogP contribution in [0.1, 0.15) is 31.2 Å². The van der Waals surface area contributed by atoms with Crippen molar-refractivity contribution in [3.8, 4) is 11.5 Å². The van der Waals surface area contributed by atoms with Crippen LogP contribution < -0.4 is 14.8 Å². The Morgan fingerprint density at radius 3 is 2.30 bits per heavy atom. The summed E-state index contributed by atoms with van der Waals surface area (Å²) in [5, 5.41) is 3.55. The lowest BCUT2D eigenvalue weighted by molar-refractivity contribution is 0.267. The Morgan fingerprint density at radius 2 is 1.61 bits per heavy atom. The second-order valence-corrected chi connectivity index (χ2v) is 6.03. The van der Waals surface area contributed by atoms with Gasteiger partial charge in [-0.1, -0.05) is 36.8 Å². The molecular weight excluding hydrogens is 286 g/mol. The average Bonchev–Trinajstić information content (AvgIpc) is 2.63. The molecule has 0 bridgehead atoms. The predicted molar refractivity (Wildman–Crippen MR) is 93.0 cm³/mol. The minimum atomic E-state index is 0.592. The van der Waals surface area contributed by atoms with Crippen LogP contribution >= 0.6 is 0 Å². The lowest BCUT2D eigenvalue weighted by atomic mass is 10.0. The van der Waals surface area contributed by atoms with Crippen molar-refractivity contribution in [1.82, 2.24) is 5.32 Å². The summed E-state index contributed by atoms with van der Waals surface area (Å²) >= 11 is 0. The third-order valence-electron chi connectivity index (χ3n) is 4.22. The van der Waals surface area contributed by atoms with Gasteiger partial charge in [-0.15, -0.1) is 0 Å². The van der Waals surface area contributed by atoms with Gasteiger partial charge in [-0.05, 0) is 55.6 Å². The Morgan fingerprint density at radius 1 is 0.870 bits per heavy atom. The van der Waals surface area contributed by atoms with Gasteiger partial charge in [0.15, 0.2) is 0 Å². The highest BCUT2D eigenvalue weighted by atomic mass is 16.5. The first-order chi connectivity index (χ1) is 11.4. The molecule has 0 radical (unpaired) electrons. The number of benzene rings is 2. The first-order valence-corrected chi connectivity index (χ1v) is 8.53. The molecular formula is C20H25NO2. The summed E-state index contributed by atoms with van der Waals surface area (Å²) in [4.78, 5) is 0. The van der Waals surface area contributed by atoms with Crippen molar-refractivity contribution in [2.24, 2.45) is 0 Å². The van der Waals surface area contributed by atoms with Gasteiger partial charge in [0, 0.05) is 6.04 Å². The van der Waals surface area contributed by atoms with E-state index in [0.29, 0.717) is 12.6 Å². The summed E-state index contributed by atoms with van der Waals surface area (Å²) in [5.74, 6) is 1.78. The maximum absolute atomic E-state index is 5.83. The van der Waals surface area contributed by atoms with Crippen LogP contribution in [0.3, 0.4) is 0 Å². The normalized spacial score (nSPS) is 17.7. The molecule has 122 valence electrons. The number of rotatable bonds is 7. The second-order valence-electron chi connectivity index (χ2n) is 6.03. The van der Waals surface area contributed by atoms with Crippen molar-refractivity contribution >= 4 is 0 Å². The van der Waals surface area contributed by atoms with Gasteiger partial charge in [0.1, 0.15) is 18.1 Å². The molecule has 1 aliphatic heterocycles. The van der Waals surface area contributed by atoms with Crippen LogP contribution in [0.25, 0.3) is 0 Å². The summed E-state index contributed by atoms with van der Waals surface area (Å²) in [6, 6.07) is 18.7. The van der Waals surface area contributed by atoms with Crippen molar-refractivity contribution in [2.75, 3.05) is 13.2 Å². The Hall–Kier alpha value is -2.00. The Labute approximate surface area is 138 Å². The van der Waals surface area contributed by atoms with Crippen LogP contribution in [0.15, 0.2) is 54.6 Å². The van der Waals surface area contributed by atoms with Crippen LogP contribution in [0.2, 0.25) is 0 Å². The molecule has 3 rings (SSSR count). The van der Waals surface area contributed by atoms with Crippen LogP contribution in [-0.2, 0) is 6.61 Å². The van der Waals surface area contributed by atoms with E-state index in [1.807, 2.05) is 42.5 Å². The molecule has 3 heteroatoms. The highest BCUT2D eigenvalue weighted by Crippen LogP contribution is 2.19. The molecule has 1 aliphatic rings. The van der Waals surface area contributed by atoms with E-state index in [-0.39, 0.29) is 0 Å². The first-order valence-electron chi connectivity index (χ1n) is 8.53. The lowest BCUT2D eigenvalue weighted by Gasteiger charge is -2.23. The minimum Gasteiger partial charge on any atom is -0.494 e. The molecule has 0 aromatic heterocycles. The first kappa shape index (κ1) is 15.9. The monoisotopic (exact) mass is 311 g/mol. The predicted octanol–water partition coefficient (Wildman–Crippen LogP) is 4.18. The fourth-order valence-corrected chi connectivity index (χ4v) is 2.86. The van der Waals surface area contributed by atoms with Crippen LogP contribution in [0.4, 0.5) is 0 Å². The molecule has 0 amide bonds. The second kappa shape index (κ2) is 8.59. The third kappa shape index (κ3) is 5.29. The molecule has 2 aromatic rings. The van der Waals surface area contributed by atoms with Gasteiger partial charge in [0.2, 0.25) is 0 Å². The zero-order valence-electron chi connectivity index (χ0n) is 13.5. The van der Waals surface area contributed by atoms with Crippen LogP contribution in [0.5, 0.6) is 11.5 Å². The zero-order valence-corrected chi connectivity index (χ0v) is 13.5. The Balaban J connectivity index is 1.40. The van der Waals surface area contributed by atoms with Gasteiger partial charge in [0.05, 0.1) is 6.61 Å². The van der Waals surface area contributed by atoms with Gasteiger partial charge >= 0.3 is 0 Å². The maximum atomic E-state index is 5.83. The molecule has 1 saturated heterocycles. The molecule has 2 aromatic carbocycles. The molecule has 1 N–H and O–H groups in total. The molecule has 0 unspecified atom stereocenters. The van der Waals surface area contributed by atoms with Gasteiger partial charge in [-0.3, -0.25) is 0 Å². The standard InChI is InChI=1S/C20H25NO2/c1-2-6-17(7-3-1)16-23-20-11-9-19(10-12-20)22-15-13-18-8-4-5-14-21-18/h1-3,6-7,9-12,18,21H,4-5,8,13-16H2/t18-/m0/s1. The lowest BCUT2D eigenvalue weighted by Crippen LogP contribution is -2.35. The molecule has 0 saturated carbocycles. The fraction of sp³-hybridized carbons (Fsp3) is 0.400. The highest BCUT2D eigenvalue weighted by Gasteiger charge is 2.11. The highest BCUT2D eigenvalue weighted by molar-refractivity contribution is 5.31. The summed E-state index contributed by atoms with van der Waals surface area (Å²) in [7, 11) is 0. The van der Waals surface area contributed by atoms with Crippen molar-refractivity contribution in [2.45, 2.75) is 38.3 Å². The molecule has 1 heterocycles. The number of piperidine rings is 1. The van der Waals surface area contributed by atoms with Gasteiger partial charge in [-0.25, -0.2) is 0 Å². The molecule has 0 spiro atoms. The SMILES string of the molecule is c1ccc(COc2ccc(OCC[C@@H]3CCCCN3)cc2)cc1. The van der Waals surface area contributed by atoms with E-state index in [9.17, 15) is 0 Å². The van der Waals surface area contributed by atoms with E-state index in [4.69, 9.17) is 9.47 Å². The van der Waals surface area contributed by atoms with Crippen LogP contribution in [0, 0.1) is 0 Å². The molecule has 0 aliphatic carbocycles. The number of ether oxygens (including phenoxy) is 2. The van der Waals surface area contributed by atoms with E-state index in [0.717, 1.165) is 31.1 Å². The Bertz CT molecular complexity index is 562. The Kier molecular flexibility index (Phi) is 5.93. The molecule has 1 atom stereocenters. The summed E-state index contributed by atoms with van der Waals surface area (Å²) in [6.45, 7) is 2.51. The van der Waals surface area contributed by atoms with Crippen molar-refractivity contribution in [3.63, 3.8) is 0 Å². The third-order valence-corrected chi connectivity index (χ3v) is 4.22. The average molecular weight is 311 g/mol. The van der Waals surface area contributed by atoms with Crippen molar-refractivity contribution in [1.29, 1.82) is 0 Å². The summed E-state index contributed by atoms with van der Waals surface area (Å²) < 4.78 is 11.6. The van der Waals surface area contributed by atoms with E-state index in [1.54, 1.807) is 0 Å². The van der Waals surface area contributed by atoms with Gasteiger partial charge in [-0.2, -0.15) is 0 Å². The minimum absolute atomic E-state index is 0.592. The van der Waals surface area contributed by atoms with E-state index in [2.05, 4.69) is 17.4 Å². The summed E-state index contributed by atoms with van der Waals surface area (Å²) in [6.07, 6.45) is 4.99. The van der Waals surface area contributed by atoms with Crippen molar-refractivity contribution in [3.05, 3.63) is 60.2 Å².